The largest absolute Gasteiger partial charge is 0.348 e. The Kier molecular flexibility index (Phi) is 3.56. The summed E-state index contributed by atoms with van der Waals surface area (Å²) in [6.45, 7) is 1.70. The van der Waals surface area contributed by atoms with E-state index in [2.05, 4.69) is 26.6 Å². The van der Waals surface area contributed by atoms with Crippen molar-refractivity contribution in [2.75, 3.05) is 13.1 Å². The van der Waals surface area contributed by atoms with E-state index in [0.717, 1.165) is 19.5 Å². The smallest absolute Gasteiger partial charge is 0.251 e. The van der Waals surface area contributed by atoms with Gasteiger partial charge in [-0.3, -0.25) is 4.79 Å². The molecule has 0 aromatic heterocycles. The molecule has 0 unspecified atom stereocenters. The molecule has 5 heteroatoms. The summed E-state index contributed by atoms with van der Waals surface area (Å²) in [5.74, 6) is -0.641. The molecule has 0 radical (unpaired) electrons. The van der Waals surface area contributed by atoms with Crippen molar-refractivity contribution in [3.05, 3.63) is 34.1 Å². The molecule has 1 saturated heterocycles. The molecule has 1 fully saturated rings. The van der Waals surface area contributed by atoms with Gasteiger partial charge in [0, 0.05) is 18.2 Å². The Labute approximate surface area is 102 Å². The number of benzene rings is 1. The molecule has 1 aromatic carbocycles. The normalized spacial score (nSPS) is 19.8. The van der Waals surface area contributed by atoms with Crippen molar-refractivity contribution >= 4 is 21.8 Å². The van der Waals surface area contributed by atoms with Crippen molar-refractivity contribution < 1.29 is 9.18 Å². The maximum absolute atomic E-state index is 13.2. The highest BCUT2D eigenvalue weighted by molar-refractivity contribution is 9.10. The molecule has 86 valence electrons. The minimum absolute atomic E-state index is 0.152. The zero-order valence-corrected chi connectivity index (χ0v) is 10.2. The lowest BCUT2D eigenvalue weighted by Crippen LogP contribution is -2.36. The fraction of sp³-hybridized carbons (Fsp3) is 0.364. The molecule has 16 heavy (non-hydrogen) atoms. The highest BCUT2D eigenvalue weighted by Gasteiger charge is 2.17. The van der Waals surface area contributed by atoms with Crippen molar-refractivity contribution in [2.24, 2.45) is 0 Å². The highest BCUT2D eigenvalue weighted by atomic mass is 79.9. The standard InChI is InChI=1S/C11H12BrFN2O/c12-9-2-1-7(5-10(9)13)11(16)15-8-3-4-14-6-8/h1-2,5,8,14H,3-4,6H2,(H,15,16)/t8-/m0/s1. The van der Waals surface area contributed by atoms with Crippen LogP contribution in [0.25, 0.3) is 0 Å². The second-order valence-electron chi connectivity index (χ2n) is 3.79. The summed E-state index contributed by atoms with van der Waals surface area (Å²) in [5, 5.41) is 6.01. The van der Waals surface area contributed by atoms with E-state index in [1.54, 1.807) is 6.07 Å². The van der Waals surface area contributed by atoms with E-state index in [-0.39, 0.29) is 11.9 Å². The van der Waals surface area contributed by atoms with Crippen LogP contribution in [0.4, 0.5) is 4.39 Å². The summed E-state index contributed by atoms with van der Waals surface area (Å²) >= 11 is 3.05. The molecule has 0 spiro atoms. The van der Waals surface area contributed by atoms with E-state index in [1.807, 2.05) is 0 Å². The quantitative estimate of drug-likeness (QED) is 0.869. The number of carbonyl (C=O) groups is 1. The molecule has 1 aromatic rings. The number of nitrogens with one attached hydrogen (secondary N) is 2. The molecule has 1 amide bonds. The summed E-state index contributed by atoms with van der Waals surface area (Å²) in [7, 11) is 0. The van der Waals surface area contributed by atoms with Gasteiger partial charge in [-0.1, -0.05) is 0 Å². The van der Waals surface area contributed by atoms with E-state index < -0.39 is 5.82 Å². The Balaban J connectivity index is 2.05. The maximum atomic E-state index is 13.2. The van der Waals surface area contributed by atoms with Gasteiger partial charge < -0.3 is 10.6 Å². The molecule has 2 rings (SSSR count). The van der Waals surface area contributed by atoms with Gasteiger partial charge in [-0.2, -0.15) is 0 Å². The minimum atomic E-state index is -0.419. The van der Waals surface area contributed by atoms with Gasteiger partial charge in [0.2, 0.25) is 0 Å². The first-order valence-corrected chi connectivity index (χ1v) is 5.93. The van der Waals surface area contributed by atoms with Crippen LogP contribution < -0.4 is 10.6 Å². The maximum Gasteiger partial charge on any atom is 0.251 e. The molecule has 0 saturated carbocycles. The SMILES string of the molecule is O=C(N[C@H]1CCNC1)c1ccc(Br)c(F)c1. The number of hydrogen-bond acceptors (Lipinski definition) is 2. The van der Waals surface area contributed by atoms with E-state index in [1.165, 1.54) is 12.1 Å². The lowest BCUT2D eigenvalue weighted by atomic mass is 10.2. The second kappa shape index (κ2) is 4.93. The first-order valence-electron chi connectivity index (χ1n) is 5.13. The molecule has 3 nitrogen and oxygen atoms in total. The molecule has 2 N–H and O–H groups in total. The highest BCUT2D eigenvalue weighted by Crippen LogP contribution is 2.16. The third-order valence-corrected chi connectivity index (χ3v) is 3.22. The number of carbonyl (C=O) groups excluding carboxylic acids is 1. The number of halogens is 2. The van der Waals surface area contributed by atoms with Crippen LogP contribution in [0.2, 0.25) is 0 Å². The number of hydrogen-bond donors (Lipinski definition) is 2. The Morgan fingerprint density at radius 2 is 2.38 bits per heavy atom. The summed E-state index contributed by atoms with van der Waals surface area (Å²) < 4.78 is 13.6. The molecule has 1 atom stereocenters. The van der Waals surface area contributed by atoms with Gasteiger partial charge in [-0.15, -0.1) is 0 Å². The fourth-order valence-electron chi connectivity index (χ4n) is 1.68. The monoisotopic (exact) mass is 286 g/mol. The summed E-state index contributed by atoms with van der Waals surface area (Å²) in [6.07, 6.45) is 0.921. The van der Waals surface area contributed by atoms with E-state index in [9.17, 15) is 9.18 Å². The molecule has 1 aliphatic rings. The van der Waals surface area contributed by atoms with Crippen LogP contribution >= 0.6 is 15.9 Å². The fourth-order valence-corrected chi connectivity index (χ4v) is 1.93. The van der Waals surface area contributed by atoms with Crippen molar-refractivity contribution in [1.82, 2.24) is 10.6 Å². The van der Waals surface area contributed by atoms with Gasteiger partial charge in [0.05, 0.1) is 4.47 Å². The predicted molar refractivity (Wildman–Crippen MR) is 62.8 cm³/mol. The zero-order valence-electron chi connectivity index (χ0n) is 8.59. The van der Waals surface area contributed by atoms with Gasteiger partial charge in [0.15, 0.2) is 0 Å². The summed E-state index contributed by atoms with van der Waals surface area (Å²) in [6, 6.07) is 4.53. The Morgan fingerprint density at radius 1 is 1.56 bits per heavy atom. The molecule has 0 bridgehead atoms. The van der Waals surface area contributed by atoms with Gasteiger partial charge in [0.25, 0.3) is 5.91 Å². The molecule has 0 aliphatic carbocycles. The second-order valence-corrected chi connectivity index (χ2v) is 4.65. The van der Waals surface area contributed by atoms with Gasteiger partial charge in [-0.25, -0.2) is 4.39 Å². The summed E-state index contributed by atoms with van der Waals surface area (Å²) in [4.78, 5) is 11.7. The van der Waals surface area contributed by atoms with Crippen molar-refractivity contribution in [3.63, 3.8) is 0 Å². The van der Waals surface area contributed by atoms with E-state index in [0.29, 0.717) is 10.0 Å². The van der Waals surface area contributed by atoms with Gasteiger partial charge in [-0.05, 0) is 47.1 Å². The van der Waals surface area contributed by atoms with Crippen LogP contribution in [0.5, 0.6) is 0 Å². The van der Waals surface area contributed by atoms with Crippen LogP contribution in [-0.4, -0.2) is 25.0 Å². The average Bonchev–Trinajstić information content (AvgIpc) is 2.74. The number of amides is 1. The van der Waals surface area contributed by atoms with Crippen LogP contribution in [0.15, 0.2) is 22.7 Å². The average molecular weight is 287 g/mol. The van der Waals surface area contributed by atoms with Crippen LogP contribution in [0, 0.1) is 5.82 Å². The first kappa shape index (κ1) is 11.5. The van der Waals surface area contributed by atoms with Gasteiger partial charge >= 0.3 is 0 Å². The van der Waals surface area contributed by atoms with Crippen LogP contribution in [0.1, 0.15) is 16.8 Å². The van der Waals surface area contributed by atoms with E-state index >= 15 is 0 Å². The van der Waals surface area contributed by atoms with Crippen molar-refractivity contribution in [1.29, 1.82) is 0 Å². The first-order chi connectivity index (χ1) is 7.66. The number of rotatable bonds is 2. The topological polar surface area (TPSA) is 41.1 Å². The van der Waals surface area contributed by atoms with Crippen molar-refractivity contribution in [3.8, 4) is 0 Å². The molecule has 1 heterocycles. The molecule has 1 aliphatic heterocycles. The predicted octanol–water partition coefficient (Wildman–Crippen LogP) is 1.68. The zero-order chi connectivity index (χ0) is 11.5. The van der Waals surface area contributed by atoms with Crippen LogP contribution in [-0.2, 0) is 0 Å². The van der Waals surface area contributed by atoms with E-state index in [4.69, 9.17) is 0 Å². The van der Waals surface area contributed by atoms with Gasteiger partial charge in [0.1, 0.15) is 5.82 Å². The third kappa shape index (κ3) is 2.59. The lowest BCUT2D eigenvalue weighted by molar-refractivity contribution is 0.0939. The lowest BCUT2D eigenvalue weighted by Gasteiger charge is -2.11. The van der Waals surface area contributed by atoms with Crippen LogP contribution in [0.3, 0.4) is 0 Å². The Hall–Kier alpha value is -0.940. The molecular formula is C11H12BrFN2O. The molecular weight excluding hydrogens is 275 g/mol. The third-order valence-electron chi connectivity index (χ3n) is 2.58. The Morgan fingerprint density at radius 3 is 3.00 bits per heavy atom. The minimum Gasteiger partial charge on any atom is -0.348 e. The van der Waals surface area contributed by atoms with Crippen molar-refractivity contribution in [2.45, 2.75) is 12.5 Å². The summed E-state index contributed by atoms with van der Waals surface area (Å²) in [5.41, 5.74) is 0.354. The Bertz CT molecular complexity index is 405.